The fourth-order valence-electron chi connectivity index (χ4n) is 2.06. The van der Waals surface area contributed by atoms with E-state index in [1.54, 1.807) is 6.07 Å². The van der Waals surface area contributed by atoms with Gasteiger partial charge in [0, 0.05) is 16.2 Å². The molecule has 0 saturated heterocycles. The molecule has 4 N–H and O–H groups in total. The summed E-state index contributed by atoms with van der Waals surface area (Å²) in [6, 6.07) is 11.0. The van der Waals surface area contributed by atoms with Crippen molar-refractivity contribution in [3.05, 3.63) is 52.9 Å². The third-order valence-electron chi connectivity index (χ3n) is 3.17. The quantitative estimate of drug-likeness (QED) is 0.438. The number of carbonyl (C=O) groups excluding carboxylic acids is 1. The molecule has 0 fully saturated rings. The molecule has 7 heteroatoms. The maximum atomic E-state index is 11.9. The number of aromatic hydroxyl groups is 3. The van der Waals surface area contributed by atoms with E-state index in [9.17, 15) is 20.1 Å². The number of thiophene rings is 1. The normalized spacial score (nSPS) is 11.1. The van der Waals surface area contributed by atoms with Gasteiger partial charge in [-0.15, -0.1) is 11.3 Å². The second-order valence-corrected chi connectivity index (χ2v) is 5.80. The smallest absolute Gasteiger partial charge is 0.275 e. The van der Waals surface area contributed by atoms with E-state index in [4.69, 9.17) is 0 Å². The predicted octanol–water partition coefficient (Wildman–Crippen LogP) is 2.78. The molecule has 23 heavy (non-hydrogen) atoms. The molecule has 0 spiro atoms. The first-order valence-electron chi connectivity index (χ1n) is 6.62. The highest BCUT2D eigenvalue weighted by atomic mass is 32.1. The number of fused-ring (bicyclic) bond motifs is 1. The van der Waals surface area contributed by atoms with Crippen LogP contribution < -0.4 is 5.43 Å². The number of hydrogen-bond donors (Lipinski definition) is 4. The lowest BCUT2D eigenvalue weighted by molar-refractivity contribution is 0.0952. The van der Waals surface area contributed by atoms with Crippen molar-refractivity contribution in [2.75, 3.05) is 0 Å². The first-order chi connectivity index (χ1) is 11.1. The van der Waals surface area contributed by atoms with Gasteiger partial charge < -0.3 is 15.3 Å². The molecule has 0 aliphatic carbocycles. The van der Waals surface area contributed by atoms with Crippen LogP contribution >= 0.6 is 11.3 Å². The molecule has 1 amide bonds. The van der Waals surface area contributed by atoms with E-state index in [0.717, 1.165) is 16.2 Å². The van der Waals surface area contributed by atoms with Gasteiger partial charge in [-0.05, 0) is 24.3 Å². The molecule has 116 valence electrons. The summed E-state index contributed by atoms with van der Waals surface area (Å²) in [5.74, 6) is -1.00. The Kier molecular flexibility index (Phi) is 3.86. The number of nitrogens with zero attached hydrogens (tertiary/aromatic N) is 1. The van der Waals surface area contributed by atoms with Gasteiger partial charge >= 0.3 is 0 Å². The summed E-state index contributed by atoms with van der Waals surface area (Å²) < 4.78 is 0.911. The van der Waals surface area contributed by atoms with Gasteiger partial charge in [0.05, 0.1) is 16.7 Å². The molecular weight excluding hydrogens is 316 g/mol. The lowest BCUT2D eigenvalue weighted by Crippen LogP contribution is -2.17. The molecule has 1 heterocycles. The van der Waals surface area contributed by atoms with E-state index < -0.39 is 5.91 Å². The summed E-state index contributed by atoms with van der Waals surface area (Å²) in [5.41, 5.74) is 2.25. The second-order valence-electron chi connectivity index (χ2n) is 4.71. The minimum absolute atomic E-state index is 0.0134. The number of phenolic OH excluding ortho intramolecular Hbond substituents is 2. The van der Waals surface area contributed by atoms with Crippen LogP contribution in [0, 0.1) is 0 Å². The number of benzene rings is 2. The van der Waals surface area contributed by atoms with Gasteiger partial charge in [-0.3, -0.25) is 4.79 Å². The van der Waals surface area contributed by atoms with Crippen LogP contribution in [0.3, 0.4) is 0 Å². The van der Waals surface area contributed by atoms with Crippen molar-refractivity contribution in [3.63, 3.8) is 0 Å². The van der Waals surface area contributed by atoms with Crippen molar-refractivity contribution in [3.8, 4) is 17.2 Å². The van der Waals surface area contributed by atoms with Crippen LogP contribution in [0.4, 0.5) is 0 Å². The van der Waals surface area contributed by atoms with Crippen LogP contribution in [0.15, 0.2) is 47.6 Å². The Bertz CT molecular complexity index is 918. The molecule has 6 nitrogen and oxygen atoms in total. The van der Waals surface area contributed by atoms with Gasteiger partial charge in [0.15, 0.2) is 0 Å². The van der Waals surface area contributed by atoms with Crippen LogP contribution in [0.1, 0.15) is 15.2 Å². The number of carbonyl (C=O) groups is 1. The average Bonchev–Trinajstić information content (AvgIpc) is 2.84. The Balaban J connectivity index is 1.77. The van der Waals surface area contributed by atoms with Crippen molar-refractivity contribution < 1.29 is 20.1 Å². The topological polar surface area (TPSA) is 102 Å². The standard InChI is InChI=1S/C16H12N2O4S/c19-9-5-6-10(12(20)7-9)16(22)18-17-8-14-15(21)11-3-1-2-4-13(11)23-14/h1-8,19-21H,(H,18,22)/b17-8-. The van der Waals surface area contributed by atoms with Crippen molar-refractivity contribution in [2.24, 2.45) is 5.10 Å². The molecule has 0 saturated carbocycles. The minimum atomic E-state index is -0.626. The van der Waals surface area contributed by atoms with Gasteiger partial charge in [0.1, 0.15) is 17.2 Å². The molecule has 3 rings (SSSR count). The van der Waals surface area contributed by atoms with Crippen molar-refractivity contribution >= 4 is 33.5 Å². The molecular formula is C16H12N2O4S. The number of phenols is 2. The molecule has 1 aromatic heterocycles. The summed E-state index contributed by atoms with van der Waals surface area (Å²) in [7, 11) is 0. The Morgan fingerprint density at radius 3 is 2.65 bits per heavy atom. The average molecular weight is 328 g/mol. The van der Waals surface area contributed by atoms with Gasteiger partial charge in [-0.1, -0.05) is 12.1 Å². The van der Waals surface area contributed by atoms with Crippen molar-refractivity contribution in [1.29, 1.82) is 0 Å². The molecule has 2 aromatic carbocycles. The maximum absolute atomic E-state index is 11.9. The number of rotatable bonds is 3. The summed E-state index contributed by atoms with van der Waals surface area (Å²) in [5, 5.41) is 33.4. The third kappa shape index (κ3) is 2.95. The predicted molar refractivity (Wildman–Crippen MR) is 88.3 cm³/mol. The van der Waals surface area contributed by atoms with E-state index >= 15 is 0 Å². The molecule has 0 aliphatic rings. The van der Waals surface area contributed by atoms with Crippen molar-refractivity contribution in [2.45, 2.75) is 0 Å². The number of amides is 1. The fraction of sp³-hybridized carbons (Fsp3) is 0. The molecule has 3 aromatic rings. The van der Waals surface area contributed by atoms with E-state index in [-0.39, 0.29) is 22.8 Å². The van der Waals surface area contributed by atoms with E-state index in [2.05, 4.69) is 10.5 Å². The first-order valence-corrected chi connectivity index (χ1v) is 7.44. The Morgan fingerprint density at radius 2 is 1.91 bits per heavy atom. The van der Waals surface area contributed by atoms with Gasteiger partial charge in [0.25, 0.3) is 5.91 Å². The maximum Gasteiger partial charge on any atom is 0.275 e. The summed E-state index contributed by atoms with van der Waals surface area (Å²) in [6.45, 7) is 0. The van der Waals surface area contributed by atoms with E-state index in [1.165, 1.54) is 29.7 Å². The van der Waals surface area contributed by atoms with Gasteiger partial charge in [0.2, 0.25) is 0 Å². The zero-order chi connectivity index (χ0) is 16.4. The summed E-state index contributed by atoms with van der Waals surface area (Å²) in [4.78, 5) is 12.4. The van der Waals surface area contributed by atoms with Crippen LogP contribution in [0.2, 0.25) is 0 Å². The zero-order valence-electron chi connectivity index (χ0n) is 11.7. The number of hydrogen-bond acceptors (Lipinski definition) is 6. The molecule has 0 unspecified atom stereocenters. The Hall–Kier alpha value is -3.06. The second kappa shape index (κ2) is 5.98. The highest BCUT2D eigenvalue weighted by molar-refractivity contribution is 7.21. The third-order valence-corrected chi connectivity index (χ3v) is 4.26. The lowest BCUT2D eigenvalue weighted by atomic mass is 10.2. The minimum Gasteiger partial charge on any atom is -0.508 e. The zero-order valence-corrected chi connectivity index (χ0v) is 12.5. The monoisotopic (exact) mass is 328 g/mol. The molecule has 0 atom stereocenters. The highest BCUT2D eigenvalue weighted by Crippen LogP contribution is 2.35. The molecule has 0 aliphatic heterocycles. The fourth-order valence-corrected chi connectivity index (χ4v) is 3.03. The Labute approximate surface area is 134 Å². The summed E-state index contributed by atoms with van der Waals surface area (Å²) in [6.07, 6.45) is 1.34. The van der Waals surface area contributed by atoms with E-state index in [1.807, 2.05) is 18.2 Å². The van der Waals surface area contributed by atoms with Gasteiger partial charge in [-0.25, -0.2) is 5.43 Å². The van der Waals surface area contributed by atoms with Crippen LogP contribution in [-0.4, -0.2) is 27.4 Å². The lowest BCUT2D eigenvalue weighted by Gasteiger charge is -2.02. The number of nitrogens with one attached hydrogen (secondary N) is 1. The van der Waals surface area contributed by atoms with Gasteiger partial charge in [-0.2, -0.15) is 5.10 Å². The first kappa shape index (κ1) is 14.9. The highest BCUT2D eigenvalue weighted by Gasteiger charge is 2.11. The van der Waals surface area contributed by atoms with Crippen LogP contribution in [0.25, 0.3) is 10.1 Å². The number of hydrazone groups is 1. The Morgan fingerprint density at radius 1 is 1.13 bits per heavy atom. The van der Waals surface area contributed by atoms with Crippen molar-refractivity contribution in [1.82, 2.24) is 5.43 Å². The van der Waals surface area contributed by atoms with Crippen LogP contribution in [-0.2, 0) is 0 Å². The van der Waals surface area contributed by atoms with Crippen LogP contribution in [0.5, 0.6) is 17.2 Å². The summed E-state index contributed by atoms with van der Waals surface area (Å²) >= 11 is 1.34. The SMILES string of the molecule is O=C(N/N=C\c1sc2ccccc2c1O)c1ccc(O)cc1O. The van der Waals surface area contributed by atoms with E-state index in [0.29, 0.717) is 4.88 Å². The largest absolute Gasteiger partial charge is 0.508 e. The molecule has 0 radical (unpaired) electrons. The molecule has 0 bridgehead atoms.